The number of thiazole rings is 1. The smallest absolute Gasteiger partial charge is 0.310 e. The van der Waals surface area contributed by atoms with Crippen molar-refractivity contribution in [2.24, 2.45) is 5.41 Å². The average molecular weight is 350 g/mol. The lowest BCUT2D eigenvalue weighted by Crippen LogP contribution is -2.48. The molecule has 0 spiro atoms. The minimum atomic E-state index is -0.988. The fourth-order valence-electron chi connectivity index (χ4n) is 3.14. The number of piperidine rings is 1. The SMILES string of the molecule is CC1CC(Cc2nc(Nc3nccs3)ccc2F)(C(=O)O)CCN1. The minimum Gasteiger partial charge on any atom is -0.481 e. The normalized spacial score (nSPS) is 23.8. The van der Waals surface area contributed by atoms with Crippen LogP contribution in [0.25, 0.3) is 0 Å². The molecular weight excluding hydrogens is 331 g/mol. The number of aromatic nitrogens is 2. The molecule has 128 valence electrons. The second-order valence-electron chi connectivity index (χ2n) is 6.16. The molecule has 3 heterocycles. The number of halogens is 1. The summed E-state index contributed by atoms with van der Waals surface area (Å²) >= 11 is 1.41. The molecule has 2 aromatic rings. The molecule has 0 aromatic carbocycles. The van der Waals surface area contributed by atoms with Crippen molar-refractivity contribution in [3.63, 3.8) is 0 Å². The van der Waals surface area contributed by atoms with Gasteiger partial charge in [-0.05, 0) is 38.4 Å². The first-order valence-electron chi connectivity index (χ1n) is 7.77. The maximum absolute atomic E-state index is 14.2. The summed E-state index contributed by atoms with van der Waals surface area (Å²) in [4.78, 5) is 20.3. The lowest BCUT2D eigenvalue weighted by molar-refractivity contribution is -0.151. The first-order chi connectivity index (χ1) is 11.5. The Morgan fingerprint density at radius 3 is 3.08 bits per heavy atom. The maximum Gasteiger partial charge on any atom is 0.310 e. The highest BCUT2D eigenvalue weighted by Gasteiger charge is 2.42. The van der Waals surface area contributed by atoms with Crippen LogP contribution in [-0.2, 0) is 11.2 Å². The zero-order chi connectivity index (χ0) is 17.2. The lowest BCUT2D eigenvalue weighted by atomic mass is 9.73. The summed E-state index contributed by atoms with van der Waals surface area (Å²) in [6.45, 7) is 2.55. The van der Waals surface area contributed by atoms with Crippen LogP contribution in [0.2, 0.25) is 0 Å². The molecule has 0 aliphatic carbocycles. The first-order valence-corrected chi connectivity index (χ1v) is 8.65. The number of carbonyl (C=O) groups is 1. The molecule has 2 atom stereocenters. The Hall–Kier alpha value is -2.06. The van der Waals surface area contributed by atoms with E-state index >= 15 is 0 Å². The molecular formula is C16H19FN4O2S. The van der Waals surface area contributed by atoms with Crippen LogP contribution in [0, 0.1) is 11.2 Å². The van der Waals surface area contributed by atoms with Crippen molar-refractivity contribution in [3.05, 3.63) is 35.2 Å². The third kappa shape index (κ3) is 3.54. The zero-order valence-corrected chi connectivity index (χ0v) is 14.1. The molecule has 1 fully saturated rings. The van der Waals surface area contributed by atoms with E-state index in [9.17, 15) is 14.3 Å². The first kappa shape index (κ1) is 16.8. The highest BCUT2D eigenvalue weighted by atomic mass is 32.1. The molecule has 2 aromatic heterocycles. The van der Waals surface area contributed by atoms with E-state index in [0.29, 0.717) is 30.3 Å². The van der Waals surface area contributed by atoms with E-state index < -0.39 is 17.2 Å². The van der Waals surface area contributed by atoms with Crippen molar-refractivity contribution in [1.82, 2.24) is 15.3 Å². The molecule has 0 radical (unpaired) electrons. The Labute approximate surface area is 143 Å². The summed E-state index contributed by atoms with van der Waals surface area (Å²) in [6.07, 6.45) is 2.65. The number of rotatable bonds is 5. The molecule has 0 saturated carbocycles. The van der Waals surface area contributed by atoms with Gasteiger partial charge in [-0.25, -0.2) is 14.4 Å². The molecule has 0 amide bonds. The standard InChI is InChI=1S/C16H19FN4O2S/c1-10-8-16(14(22)23,4-5-18-10)9-12-11(17)2-3-13(20-12)21-15-19-6-7-24-15/h2-3,6-7,10,18H,4-5,8-9H2,1H3,(H,22,23)(H,19,20,21). The lowest BCUT2D eigenvalue weighted by Gasteiger charge is -2.37. The minimum absolute atomic E-state index is 0.0770. The van der Waals surface area contributed by atoms with Gasteiger partial charge in [0.15, 0.2) is 5.13 Å². The Morgan fingerprint density at radius 2 is 2.42 bits per heavy atom. The number of anilines is 2. The molecule has 1 saturated heterocycles. The molecule has 0 bridgehead atoms. The molecule has 3 rings (SSSR count). The molecule has 6 nitrogen and oxygen atoms in total. The molecule has 8 heteroatoms. The van der Waals surface area contributed by atoms with Gasteiger partial charge in [-0.15, -0.1) is 11.3 Å². The van der Waals surface area contributed by atoms with Gasteiger partial charge in [0.25, 0.3) is 0 Å². The van der Waals surface area contributed by atoms with Gasteiger partial charge in [0.2, 0.25) is 0 Å². The third-order valence-corrected chi connectivity index (χ3v) is 5.03. The van der Waals surface area contributed by atoms with E-state index in [2.05, 4.69) is 20.6 Å². The van der Waals surface area contributed by atoms with Gasteiger partial charge in [-0.3, -0.25) is 4.79 Å². The highest BCUT2D eigenvalue weighted by molar-refractivity contribution is 7.13. The number of carboxylic acid groups (broad SMARTS) is 1. The van der Waals surface area contributed by atoms with Crippen LogP contribution in [0.3, 0.4) is 0 Å². The van der Waals surface area contributed by atoms with E-state index in [4.69, 9.17) is 0 Å². The van der Waals surface area contributed by atoms with Crippen molar-refractivity contribution in [1.29, 1.82) is 0 Å². The Kier molecular flexibility index (Phi) is 4.77. The molecule has 2 unspecified atom stereocenters. The van der Waals surface area contributed by atoms with Crippen LogP contribution in [0.4, 0.5) is 15.3 Å². The summed E-state index contributed by atoms with van der Waals surface area (Å²) in [7, 11) is 0. The van der Waals surface area contributed by atoms with Gasteiger partial charge in [0.05, 0.1) is 11.1 Å². The zero-order valence-electron chi connectivity index (χ0n) is 13.3. The van der Waals surface area contributed by atoms with Crippen molar-refractivity contribution < 1.29 is 14.3 Å². The summed E-state index contributed by atoms with van der Waals surface area (Å²) in [5.41, 5.74) is -0.814. The van der Waals surface area contributed by atoms with Crippen LogP contribution in [0.15, 0.2) is 23.7 Å². The van der Waals surface area contributed by atoms with Crippen molar-refractivity contribution in [2.75, 3.05) is 11.9 Å². The molecule has 24 heavy (non-hydrogen) atoms. The quantitative estimate of drug-likeness (QED) is 0.769. The second kappa shape index (κ2) is 6.82. The monoisotopic (exact) mass is 350 g/mol. The molecule has 3 N–H and O–H groups in total. The summed E-state index contributed by atoms with van der Waals surface area (Å²) in [5.74, 6) is -0.911. The number of hydrogen-bond donors (Lipinski definition) is 3. The largest absolute Gasteiger partial charge is 0.481 e. The van der Waals surface area contributed by atoms with Crippen LogP contribution >= 0.6 is 11.3 Å². The predicted octanol–water partition coefficient (Wildman–Crippen LogP) is 2.81. The van der Waals surface area contributed by atoms with Gasteiger partial charge in [-0.2, -0.15) is 0 Å². The van der Waals surface area contributed by atoms with Gasteiger partial charge in [0.1, 0.15) is 11.6 Å². The maximum atomic E-state index is 14.2. The third-order valence-electron chi connectivity index (χ3n) is 4.34. The Balaban J connectivity index is 1.86. The number of pyridine rings is 1. The van der Waals surface area contributed by atoms with Crippen molar-refractivity contribution >= 4 is 28.3 Å². The van der Waals surface area contributed by atoms with E-state index in [0.717, 1.165) is 0 Å². The van der Waals surface area contributed by atoms with E-state index in [-0.39, 0.29) is 18.2 Å². The Morgan fingerprint density at radius 1 is 1.58 bits per heavy atom. The highest BCUT2D eigenvalue weighted by Crippen LogP contribution is 2.36. The van der Waals surface area contributed by atoms with E-state index in [1.807, 2.05) is 12.3 Å². The molecule has 1 aliphatic rings. The van der Waals surface area contributed by atoms with E-state index in [1.165, 1.54) is 23.5 Å². The summed E-state index contributed by atoms with van der Waals surface area (Å²) in [5, 5.41) is 18.5. The van der Waals surface area contributed by atoms with Crippen LogP contribution < -0.4 is 10.6 Å². The van der Waals surface area contributed by atoms with Gasteiger partial charge in [-0.1, -0.05) is 0 Å². The Bertz CT molecular complexity index is 725. The summed E-state index contributed by atoms with van der Waals surface area (Å²) < 4.78 is 14.2. The van der Waals surface area contributed by atoms with Gasteiger partial charge in [0, 0.05) is 24.0 Å². The van der Waals surface area contributed by atoms with Crippen LogP contribution in [0.5, 0.6) is 0 Å². The molecule has 1 aliphatic heterocycles. The van der Waals surface area contributed by atoms with Crippen molar-refractivity contribution in [2.45, 2.75) is 32.2 Å². The summed E-state index contributed by atoms with van der Waals surface area (Å²) in [6, 6.07) is 2.92. The topological polar surface area (TPSA) is 87.1 Å². The fourth-order valence-corrected chi connectivity index (χ4v) is 3.68. The fraction of sp³-hybridized carbons (Fsp3) is 0.438. The number of carboxylic acids is 1. The average Bonchev–Trinajstić information content (AvgIpc) is 3.03. The van der Waals surface area contributed by atoms with Crippen LogP contribution in [0.1, 0.15) is 25.5 Å². The van der Waals surface area contributed by atoms with Crippen LogP contribution in [-0.4, -0.2) is 33.6 Å². The second-order valence-corrected chi connectivity index (χ2v) is 7.05. The van der Waals surface area contributed by atoms with Gasteiger partial charge < -0.3 is 15.7 Å². The van der Waals surface area contributed by atoms with Gasteiger partial charge >= 0.3 is 5.97 Å². The van der Waals surface area contributed by atoms with E-state index in [1.54, 1.807) is 6.20 Å². The predicted molar refractivity (Wildman–Crippen MR) is 90.1 cm³/mol. The number of nitrogens with zero attached hydrogens (tertiary/aromatic N) is 2. The number of nitrogens with one attached hydrogen (secondary N) is 2. The number of hydrogen-bond acceptors (Lipinski definition) is 6. The number of aliphatic carboxylic acids is 1. The van der Waals surface area contributed by atoms with Crippen molar-refractivity contribution in [3.8, 4) is 0 Å².